The Hall–Kier alpha value is -1.22. The molecular weight excluding hydrogens is 210 g/mol. The van der Waals surface area contributed by atoms with Crippen LogP contribution in [0.25, 0.3) is 0 Å². The maximum Gasteiger partial charge on any atom is 0.0371 e. The maximum absolute atomic E-state index is 3.54. The number of hydrogen-bond acceptors (Lipinski definition) is 3. The Morgan fingerprint density at radius 1 is 1.41 bits per heavy atom. The van der Waals surface area contributed by atoms with Crippen molar-refractivity contribution in [3.05, 3.63) is 23.8 Å². The van der Waals surface area contributed by atoms with Crippen molar-refractivity contribution < 1.29 is 0 Å². The molecule has 1 aromatic carbocycles. The van der Waals surface area contributed by atoms with Crippen LogP contribution in [0, 0.1) is 6.92 Å². The van der Waals surface area contributed by atoms with E-state index in [9.17, 15) is 0 Å². The van der Waals surface area contributed by atoms with E-state index < -0.39 is 0 Å². The predicted octanol–water partition coefficient (Wildman–Crippen LogP) is 2.22. The molecule has 2 rings (SSSR count). The summed E-state index contributed by atoms with van der Waals surface area (Å²) in [5, 5.41) is 7.05. The largest absolute Gasteiger partial charge is 0.383 e. The average Bonchev–Trinajstić information content (AvgIpc) is 2.80. The van der Waals surface area contributed by atoms with Crippen LogP contribution in [0.4, 0.5) is 11.4 Å². The third-order valence-electron chi connectivity index (χ3n) is 3.43. The number of anilines is 2. The molecule has 1 aliphatic heterocycles. The zero-order valence-corrected chi connectivity index (χ0v) is 11.1. The lowest BCUT2D eigenvalue weighted by atomic mass is 10.1. The highest BCUT2D eigenvalue weighted by atomic mass is 15.1. The van der Waals surface area contributed by atoms with Gasteiger partial charge >= 0.3 is 0 Å². The molecule has 0 bridgehead atoms. The van der Waals surface area contributed by atoms with E-state index in [0.29, 0.717) is 6.04 Å². The van der Waals surface area contributed by atoms with E-state index in [-0.39, 0.29) is 0 Å². The topological polar surface area (TPSA) is 27.3 Å². The summed E-state index contributed by atoms with van der Waals surface area (Å²) < 4.78 is 0. The van der Waals surface area contributed by atoms with Crippen LogP contribution in [-0.4, -0.2) is 33.2 Å². The summed E-state index contributed by atoms with van der Waals surface area (Å²) in [7, 11) is 4.15. The summed E-state index contributed by atoms with van der Waals surface area (Å²) in [6, 6.07) is 7.21. The number of rotatable bonds is 4. The molecule has 1 aromatic rings. The van der Waals surface area contributed by atoms with Gasteiger partial charge in [-0.2, -0.15) is 0 Å². The second kappa shape index (κ2) is 5.41. The minimum absolute atomic E-state index is 0.642. The first kappa shape index (κ1) is 12.2. The van der Waals surface area contributed by atoms with E-state index in [0.717, 1.165) is 6.54 Å². The molecule has 1 unspecified atom stereocenters. The van der Waals surface area contributed by atoms with Crippen LogP contribution in [0.15, 0.2) is 18.2 Å². The summed E-state index contributed by atoms with van der Waals surface area (Å²) in [6.45, 7) is 4.37. The summed E-state index contributed by atoms with van der Waals surface area (Å²) in [4.78, 5) is 2.13. The zero-order chi connectivity index (χ0) is 12.3. The minimum Gasteiger partial charge on any atom is -0.383 e. The molecule has 1 heterocycles. The summed E-state index contributed by atoms with van der Waals surface area (Å²) in [5.41, 5.74) is 3.82. The Morgan fingerprint density at radius 2 is 2.24 bits per heavy atom. The first-order valence-electron chi connectivity index (χ1n) is 6.42. The fraction of sp³-hybridized carbons (Fsp3) is 0.571. The Bertz CT molecular complexity index is 368. The van der Waals surface area contributed by atoms with Gasteiger partial charge in [-0.3, -0.25) is 0 Å². The number of nitrogens with one attached hydrogen (secondary N) is 2. The van der Waals surface area contributed by atoms with Gasteiger partial charge in [-0.1, -0.05) is 0 Å². The van der Waals surface area contributed by atoms with E-state index in [4.69, 9.17) is 0 Å². The van der Waals surface area contributed by atoms with Gasteiger partial charge in [0.05, 0.1) is 0 Å². The molecule has 0 spiro atoms. The van der Waals surface area contributed by atoms with Crippen molar-refractivity contribution in [1.82, 2.24) is 5.32 Å². The van der Waals surface area contributed by atoms with Crippen molar-refractivity contribution in [1.29, 1.82) is 0 Å². The molecule has 3 nitrogen and oxygen atoms in total. The summed E-state index contributed by atoms with van der Waals surface area (Å²) >= 11 is 0. The molecule has 0 radical (unpaired) electrons. The van der Waals surface area contributed by atoms with Gasteiger partial charge in [0.15, 0.2) is 0 Å². The maximum atomic E-state index is 3.54. The Labute approximate surface area is 104 Å². The van der Waals surface area contributed by atoms with E-state index in [1.807, 2.05) is 0 Å². The molecule has 1 saturated heterocycles. The van der Waals surface area contributed by atoms with Gasteiger partial charge in [0.2, 0.25) is 0 Å². The lowest BCUT2D eigenvalue weighted by Crippen LogP contribution is -2.29. The second-order valence-electron chi connectivity index (χ2n) is 5.07. The fourth-order valence-electron chi connectivity index (χ4n) is 2.29. The van der Waals surface area contributed by atoms with Crippen molar-refractivity contribution in [2.45, 2.75) is 25.8 Å². The van der Waals surface area contributed by atoms with Crippen LogP contribution in [0.3, 0.4) is 0 Å². The van der Waals surface area contributed by atoms with Crippen LogP contribution >= 0.6 is 0 Å². The van der Waals surface area contributed by atoms with Crippen molar-refractivity contribution in [2.24, 2.45) is 0 Å². The monoisotopic (exact) mass is 233 g/mol. The second-order valence-corrected chi connectivity index (χ2v) is 5.07. The number of benzene rings is 1. The van der Waals surface area contributed by atoms with Gasteiger partial charge in [0.1, 0.15) is 0 Å². The smallest absolute Gasteiger partial charge is 0.0371 e. The molecule has 1 aliphatic rings. The van der Waals surface area contributed by atoms with Crippen LogP contribution in [-0.2, 0) is 0 Å². The van der Waals surface area contributed by atoms with E-state index in [1.54, 1.807) is 0 Å². The van der Waals surface area contributed by atoms with Gasteiger partial charge in [-0.25, -0.2) is 0 Å². The third-order valence-corrected chi connectivity index (χ3v) is 3.43. The van der Waals surface area contributed by atoms with Crippen molar-refractivity contribution in [2.75, 3.05) is 37.4 Å². The molecule has 3 heteroatoms. The van der Waals surface area contributed by atoms with E-state index in [2.05, 4.69) is 54.8 Å². The van der Waals surface area contributed by atoms with Gasteiger partial charge in [0, 0.05) is 38.1 Å². The van der Waals surface area contributed by atoms with Crippen LogP contribution < -0.4 is 15.5 Å². The van der Waals surface area contributed by atoms with Crippen molar-refractivity contribution in [3.8, 4) is 0 Å². The van der Waals surface area contributed by atoms with Crippen LogP contribution in [0.5, 0.6) is 0 Å². The summed E-state index contributed by atoms with van der Waals surface area (Å²) in [5.74, 6) is 0. The first-order valence-corrected chi connectivity index (χ1v) is 6.42. The molecule has 0 saturated carbocycles. The highest BCUT2D eigenvalue weighted by Gasteiger charge is 2.13. The van der Waals surface area contributed by atoms with Gasteiger partial charge in [0.25, 0.3) is 0 Å². The lowest BCUT2D eigenvalue weighted by Gasteiger charge is -2.17. The molecule has 94 valence electrons. The molecule has 1 atom stereocenters. The minimum atomic E-state index is 0.642. The zero-order valence-electron chi connectivity index (χ0n) is 11.1. The van der Waals surface area contributed by atoms with Crippen molar-refractivity contribution in [3.63, 3.8) is 0 Å². The lowest BCUT2D eigenvalue weighted by molar-refractivity contribution is 0.633. The Balaban J connectivity index is 1.96. The first-order chi connectivity index (χ1) is 8.16. The Kier molecular flexibility index (Phi) is 3.89. The number of hydrogen-bond donors (Lipinski definition) is 2. The molecular formula is C14H23N3. The molecule has 0 amide bonds. The standard InChI is InChI=1S/C14H23N3/c1-11-9-13(17(2)3)6-7-14(11)16-10-12-5-4-8-15-12/h6-7,9,12,15-16H,4-5,8,10H2,1-3H3. The fourth-order valence-corrected chi connectivity index (χ4v) is 2.29. The Morgan fingerprint density at radius 3 is 2.82 bits per heavy atom. The van der Waals surface area contributed by atoms with Crippen molar-refractivity contribution >= 4 is 11.4 Å². The molecule has 0 aromatic heterocycles. The highest BCUT2D eigenvalue weighted by Crippen LogP contribution is 2.21. The number of aryl methyl sites for hydroxylation is 1. The van der Waals surface area contributed by atoms with Crippen LogP contribution in [0.1, 0.15) is 18.4 Å². The number of nitrogens with zero attached hydrogens (tertiary/aromatic N) is 1. The molecule has 1 fully saturated rings. The SMILES string of the molecule is Cc1cc(N(C)C)ccc1NCC1CCCN1. The molecule has 17 heavy (non-hydrogen) atoms. The normalized spacial score (nSPS) is 19.4. The van der Waals surface area contributed by atoms with E-state index >= 15 is 0 Å². The van der Waals surface area contributed by atoms with Gasteiger partial charge in [-0.05, 0) is 50.1 Å². The highest BCUT2D eigenvalue weighted by molar-refractivity contribution is 5.59. The third kappa shape index (κ3) is 3.13. The molecule has 0 aliphatic carbocycles. The average molecular weight is 233 g/mol. The van der Waals surface area contributed by atoms with Gasteiger partial charge in [-0.15, -0.1) is 0 Å². The summed E-state index contributed by atoms with van der Waals surface area (Å²) in [6.07, 6.45) is 2.60. The predicted molar refractivity (Wildman–Crippen MR) is 75.0 cm³/mol. The van der Waals surface area contributed by atoms with Crippen LogP contribution in [0.2, 0.25) is 0 Å². The molecule has 2 N–H and O–H groups in total. The van der Waals surface area contributed by atoms with E-state index in [1.165, 1.54) is 36.3 Å². The quantitative estimate of drug-likeness (QED) is 0.835. The van der Waals surface area contributed by atoms with Gasteiger partial charge < -0.3 is 15.5 Å².